The maximum absolute atomic E-state index is 6.30. The van der Waals surface area contributed by atoms with E-state index in [0.29, 0.717) is 11.3 Å². The van der Waals surface area contributed by atoms with Crippen LogP contribution in [0.3, 0.4) is 0 Å². The van der Waals surface area contributed by atoms with Crippen LogP contribution in [0.5, 0.6) is 0 Å². The van der Waals surface area contributed by atoms with Crippen LogP contribution in [-0.4, -0.2) is 15.2 Å². The Bertz CT molecular complexity index is 308. The topological polar surface area (TPSA) is 17.8 Å². The molecule has 1 aliphatic carbocycles. The minimum absolute atomic E-state index is 0.359. The van der Waals surface area contributed by atoms with Gasteiger partial charge in [-0.1, -0.05) is 12.8 Å². The lowest BCUT2D eigenvalue weighted by molar-refractivity contribution is 0.519. The van der Waals surface area contributed by atoms with E-state index >= 15 is 0 Å². The van der Waals surface area contributed by atoms with E-state index in [1.54, 1.807) is 0 Å². The van der Waals surface area contributed by atoms with E-state index in [2.05, 4.69) is 22.8 Å². The fraction of sp³-hybridized carbons (Fsp3) is 0.750. The smallest absolute Gasteiger partial charge is 0.0492 e. The van der Waals surface area contributed by atoms with Gasteiger partial charge in [0.1, 0.15) is 0 Å². The highest BCUT2D eigenvalue weighted by Crippen LogP contribution is 2.33. The summed E-state index contributed by atoms with van der Waals surface area (Å²) in [5, 5.41) is 4.70. The molecule has 0 aromatic carbocycles. The van der Waals surface area contributed by atoms with E-state index in [0.717, 1.165) is 13.0 Å². The predicted molar refractivity (Wildman–Crippen MR) is 63.4 cm³/mol. The normalized spacial score (nSPS) is 27.6. The highest BCUT2D eigenvalue weighted by Gasteiger charge is 2.22. The van der Waals surface area contributed by atoms with Gasteiger partial charge in [-0.3, -0.25) is 4.68 Å². The third kappa shape index (κ3) is 2.54. The standard InChI is InChI=1S/C12H19ClN2/c1-2-15-12(7-8-14-15)10-5-3-4-6-11(13)9-10/h7-8,10-11H,2-6,9H2,1H3. The lowest BCUT2D eigenvalue weighted by atomic mass is 9.96. The van der Waals surface area contributed by atoms with E-state index in [1.807, 2.05) is 6.20 Å². The maximum Gasteiger partial charge on any atom is 0.0492 e. The summed E-state index contributed by atoms with van der Waals surface area (Å²) in [5.74, 6) is 0.623. The first kappa shape index (κ1) is 11.0. The molecule has 2 unspecified atom stereocenters. The second-order valence-corrected chi connectivity index (χ2v) is 5.00. The average Bonchev–Trinajstić information content (AvgIpc) is 2.61. The number of aromatic nitrogens is 2. The van der Waals surface area contributed by atoms with Gasteiger partial charge in [0.2, 0.25) is 0 Å². The molecule has 1 aliphatic rings. The van der Waals surface area contributed by atoms with Crippen LogP contribution in [0.4, 0.5) is 0 Å². The summed E-state index contributed by atoms with van der Waals surface area (Å²) in [6.07, 6.45) is 8.07. The van der Waals surface area contributed by atoms with Crippen LogP contribution in [0, 0.1) is 0 Å². The van der Waals surface area contributed by atoms with Crippen LogP contribution in [0.15, 0.2) is 12.3 Å². The van der Waals surface area contributed by atoms with Crippen LogP contribution in [0.2, 0.25) is 0 Å². The van der Waals surface area contributed by atoms with Crippen molar-refractivity contribution in [2.45, 2.75) is 56.9 Å². The molecule has 2 rings (SSSR count). The zero-order valence-electron chi connectivity index (χ0n) is 9.32. The Morgan fingerprint density at radius 3 is 3.07 bits per heavy atom. The van der Waals surface area contributed by atoms with Gasteiger partial charge in [0.25, 0.3) is 0 Å². The molecule has 2 nitrogen and oxygen atoms in total. The molecule has 0 radical (unpaired) electrons. The molecule has 0 spiro atoms. The van der Waals surface area contributed by atoms with E-state index in [-0.39, 0.29) is 0 Å². The molecule has 1 heterocycles. The van der Waals surface area contributed by atoms with E-state index < -0.39 is 0 Å². The molecule has 0 saturated heterocycles. The van der Waals surface area contributed by atoms with Gasteiger partial charge in [-0.15, -0.1) is 11.6 Å². The molecule has 1 saturated carbocycles. The molecule has 1 fully saturated rings. The number of halogens is 1. The third-order valence-corrected chi connectivity index (χ3v) is 3.72. The Morgan fingerprint density at radius 2 is 2.27 bits per heavy atom. The first-order valence-electron chi connectivity index (χ1n) is 5.97. The number of alkyl halides is 1. The van der Waals surface area contributed by atoms with Crippen LogP contribution in [-0.2, 0) is 6.54 Å². The quantitative estimate of drug-likeness (QED) is 0.557. The summed E-state index contributed by atoms with van der Waals surface area (Å²) < 4.78 is 2.11. The minimum atomic E-state index is 0.359. The van der Waals surface area contributed by atoms with Crippen LogP contribution >= 0.6 is 11.6 Å². The van der Waals surface area contributed by atoms with Crippen molar-refractivity contribution in [2.24, 2.45) is 0 Å². The Hall–Kier alpha value is -0.500. The summed E-state index contributed by atoms with van der Waals surface area (Å²) in [7, 11) is 0. The highest BCUT2D eigenvalue weighted by molar-refractivity contribution is 6.20. The largest absolute Gasteiger partial charge is 0.270 e. The summed E-state index contributed by atoms with van der Waals surface area (Å²) in [5.41, 5.74) is 1.38. The van der Waals surface area contributed by atoms with Gasteiger partial charge in [0.15, 0.2) is 0 Å². The molecule has 0 amide bonds. The van der Waals surface area contributed by atoms with Crippen molar-refractivity contribution in [2.75, 3.05) is 0 Å². The number of aryl methyl sites for hydroxylation is 1. The van der Waals surface area contributed by atoms with Crippen LogP contribution < -0.4 is 0 Å². The molecular weight excluding hydrogens is 208 g/mol. The fourth-order valence-corrected chi connectivity index (χ4v) is 2.89. The molecule has 0 aliphatic heterocycles. The van der Waals surface area contributed by atoms with Crippen molar-refractivity contribution in [3.05, 3.63) is 18.0 Å². The van der Waals surface area contributed by atoms with Crippen molar-refractivity contribution >= 4 is 11.6 Å². The summed E-state index contributed by atoms with van der Waals surface area (Å²) in [4.78, 5) is 0. The van der Waals surface area contributed by atoms with Crippen LogP contribution in [0.1, 0.15) is 50.6 Å². The van der Waals surface area contributed by atoms with Gasteiger partial charge < -0.3 is 0 Å². The molecule has 0 N–H and O–H groups in total. The van der Waals surface area contributed by atoms with Gasteiger partial charge in [0.05, 0.1) is 0 Å². The molecule has 0 bridgehead atoms. The molecule has 3 heteroatoms. The first-order chi connectivity index (χ1) is 7.31. The average molecular weight is 227 g/mol. The zero-order chi connectivity index (χ0) is 10.7. The van der Waals surface area contributed by atoms with Gasteiger partial charge in [-0.05, 0) is 32.3 Å². The van der Waals surface area contributed by atoms with E-state index in [9.17, 15) is 0 Å². The van der Waals surface area contributed by atoms with Crippen molar-refractivity contribution in [3.63, 3.8) is 0 Å². The second kappa shape index (κ2) is 5.02. The van der Waals surface area contributed by atoms with Crippen LogP contribution in [0.25, 0.3) is 0 Å². The van der Waals surface area contributed by atoms with Crippen molar-refractivity contribution in [1.29, 1.82) is 0 Å². The molecule has 84 valence electrons. The Balaban J connectivity index is 2.14. The lowest BCUT2D eigenvalue weighted by Crippen LogP contribution is -2.10. The molecule has 1 aromatic rings. The lowest BCUT2D eigenvalue weighted by Gasteiger charge is -2.17. The number of rotatable bonds is 2. The summed E-state index contributed by atoms with van der Waals surface area (Å²) >= 11 is 6.30. The number of nitrogens with zero attached hydrogens (tertiary/aromatic N) is 2. The third-order valence-electron chi connectivity index (χ3n) is 3.33. The maximum atomic E-state index is 6.30. The number of hydrogen-bond donors (Lipinski definition) is 0. The predicted octanol–water partition coefficient (Wildman–Crippen LogP) is 3.56. The fourth-order valence-electron chi connectivity index (χ4n) is 2.52. The second-order valence-electron chi connectivity index (χ2n) is 4.39. The van der Waals surface area contributed by atoms with Gasteiger partial charge >= 0.3 is 0 Å². The summed E-state index contributed by atoms with van der Waals surface area (Å²) in [6.45, 7) is 3.11. The summed E-state index contributed by atoms with van der Waals surface area (Å²) in [6, 6.07) is 2.16. The Kier molecular flexibility index (Phi) is 3.68. The van der Waals surface area contributed by atoms with Gasteiger partial charge in [-0.2, -0.15) is 5.10 Å². The zero-order valence-corrected chi connectivity index (χ0v) is 10.1. The Labute approximate surface area is 96.6 Å². The van der Waals surface area contributed by atoms with E-state index in [1.165, 1.54) is 31.4 Å². The Morgan fingerprint density at radius 1 is 1.47 bits per heavy atom. The van der Waals surface area contributed by atoms with Gasteiger partial charge in [-0.25, -0.2) is 0 Å². The van der Waals surface area contributed by atoms with Crippen molar-refractivity contribution < 1.29 is 0 Å². The monoisotopic (exact) mass is 226 g/mol. The van der Waals surface area contributed by atoms with Crippen molar-refractivity contribution in [3.8, 4) is 0 Å². The minimum Gasteiger partial charge on any atom is -0.270 e. The SMILES string of the molecule is CCn1nccc1C1CCCCC(Cl)C1. The molecule has 15 heavy (non-hydrogen) atoms. The molecular formula is C12H19ClN2. The number of hydrogen-bond acceptors (Lipinski definition) is 1. The molecule has 2 atom stereocenters. The highest BCUT2D eigenvalue weighted by atomic mass is 35.5. The molecule has 1 aromatic heterocycles. The van der Waals surface area contributed by atoms with Gasteiger partial charge in [0, 0.05) is 29.7 Å². The van der Waals surface area contributed by atoms with Crippen molar-refractivity contribution in [1.82, 2.24) is 9.78 Å². The first-order valence-corrected chi connectivity index (χ1v) is 6.40. The van der Waals surface area contributed by atoms with E-state index in [4.69, 9.17) is 11.6 Å².